The molecule has 0 unspecified atom stereocenters. The fraction of sp³-hybridized carbons (Fsp3) is 0.250. The van der Waals surface area contributed by atoms with Gasteiger partial charge < -0.3 is 9.88 Å². The van der Waals surface area contributed by atoms with Gasteiger partial charge in [0.1, 0.15) is 11.5 Å². The summed E-state index contributed by atoms with van der Waals surface area (Å²) in [6.45, 7) is 6.06. The van der Waals surface area contributed by atoms with Gasteiger partial charge in [0.05, 0.1) is 17.2 Å². The Kier molecular flexibility index (Phi) is 6.28. The number of thioether (sulfide) groups is 1. The number of nitrogens with one attached hydrogen (secondary N) is 1. The Balaban J connectivity index is 1.71. The molecular weight excluding hydrogens is 390 g/mol. The lowest BCUT2D eigenvalue weighted by molar-refractivity contribution is -0.384. The van der Waals surface area contributed by atoms with Gasteiger partial charge in [-0.1, -0.05) is 48.2 Å². The first kappa shape index (κ1) is 20.5. The van der Waals surface area contributed by atoms with Gasteiger partial charge in [-0.2, -0.15) is 0 Å². The summed E-state index contributed by atoms with van der Waals surface area (Å²) < 4.78 is 1.94. The van der Waals surface area contributed by atoms with Crippen molar-refractivity contribution in [1.29, 1.82) is 0 Å². The maximum atomic E-state index is 12.5. The third-order valence-electron chi connectivity index (χ3n) is 4.59. The molecule has 1 N–H and O–H groups in total. The smallest absolute Gasteiger partial charge is 0.293 e. The lowest BCUT2D eigenvalue weighted by atomic mass is 10.1. The predicted molar refractivity (Wildman–Crippen MR) is 112 cm³/mol. The van der Waals surface area contributed by atoms with Gasteiger partial charge >= 0.3 is 0 Å². The molecule has 2 aromatic carbocycles. The lowest BCUT2D eigenvalue weighted by Crippen LogP contribution is -2.17. The Bertz CT molecular complexity index is 1050. The lowest BCUT2D eigenvalue weighted by Gasteiger charge is -2.11. The summed E-state index contributed by atoms with van der Waals surface area (Å²) in [5, 5.41) is 22.9. The van der Waals surface area contributed by atoms with E-state index in [9.17, 15) is 14.9 Å². The number of rotatable bonds is 7. The van der Waals surface area contributed by atoms with Crippen LogP contribution in [0.2, 0.25) is 0 Å². The van der Waals surface area contributed by atoms with Crippen molar-refractivity contribution in [1.82, 2.24) is 14.8 Å². The SMILES string of the molecule is Cc1ccc([N+](=O)[O-])c(NC(=O)CSc2nnc(C)n2Cc2ccccc2)c1C. The van der Waals surface area contributed by atoms with Crippen LogP contribution in [0.25, 0.3) is 0 Å². The summed E-state index contributed by atoms with van der Waals surface area (Å²) in [7, 11) is 0. The average Bonchev–Trinajstić information content (AvgIpc) is 3.04. The van der Waals surface area contributed by atoms with Crippen LogP contribution in [-0.4, -0.2) is 31.3 Å². The highest BCUT2D eigenvalue weighted by atomic mass is 32.2. The van der Waals surface area contributed by atoms with E-state index in [1.165, 1.54) is 17.8 Å². The number of nitrogens with zero attached hydrogens (tertiary/aromatic N) is 4. The summed E-state index contributed by atoms with van der Waals surface area (Å²) in [4.78, 5) is 23.3. The zero-order valence-electron chi connectivity index (χ0n) is 16.4. The number of anilines is 1. The summed E-state index contributed by atoms with van der Waals surface area (Å²) in [5.74, 6) is 0.484. The first-order valence-electron chi connectivity index (χ1n) is 8.97. The van der Waals surface area contributed by atoms with Crippen LogP contribution in [0.3, 0.4) is 0 Å². The fourth-order valence-electron chi connectivity index (χ4n) is 2.83. The quantitative estimate of drug-likeness (QED) is 0.359. The molecule has 1 heterocycles. The van der Waals surface area contributed by atoms with Gasteiger partial charge in [-0.05, 0) is 37.5 Å². The highest BCUT2D eigenvalue weighted by Crippen LogP contribution is 2.30. The maximum absolute atomic E-state index is 12.5. The molecule has 0 atom stereocenters. The van der Waals surface area contributed by atoms with E-state index in [0.29, 0.717) is 17.3 Å². The van der Waals surface area contributed by atoms with Crippen molar-refractivity contribution in [3.8, 4) is 0 Å². The van der Waals surface area contributed by atoms with Crippen molar-refractivity contribution in [3.63, 3.8) is 0 Å². The maximum Gasteiger partial charge on any atom is 0.293 e. The molecule has 1 amide bonds. The van der Waals surface area contributed by atoms with Crippen molar-refractivity contribution in [2.75, 3.05) is 11.1 Å². The minimum atomic E-state index is -0.491. The zero-order valence-corrected chi connectivity index (χ0v) is 17.2. The third kappa shape index (κ3) is 4.80. The number of nitro benzene ring substituents is 1. The van der Waals surface area contributed by atoms with E-state index in [2.05, 4.69) is 15.5 Å². The third-order valence-corrected chi connectivity index (χ3v) is 5.56. The Morgan fingerprint density at radius 2 is 1.86 bits per heavy atom. The molecule has 3 rings (SSSR count). The molecule has 1 aromatic heterocycles. The zero-order chi connectivity index (χ0) is 21.0. The van der Waals surface area contributed by atoms with Gasteiger partial charge in [-0.25, -0.2) is 0 Å². The van der Waals surface area contributed by atoms with Crippen LogP contribution in [0.5, 0.6) is 0 Å². The predicted octanol–water partition coefficient (Wildman–Crippen LogP) is 3.89. The van der Waals surface area contributed by atoms with Crippen molar-refractivity contribution in [3.05, 3.63) is 75.1 Å². The molecule has 9 heteroatoms. The van der Waals surface area contributed by atoms with Crippen LogP contribution in [0.1, 0.15) is 22.5 Å². The van der Waals surface area contributed by atoms with Crippen LogP contribution >= 0.6 is 11.8 Å². The van der Waals surface area contributed by atoms with E-state index in [1.807, 2.05) is 48.7 Å². The Morgan fingerprint density at radius 1 is 1.14 bits per heavy atom. The van der Waals surface area contributed by atoms with Crippen LogP contribution < -0.4 is 5.32 Å². The molecule has 3 aromatic rings. The number of hydrogen-bond acceptors (Lipinski definition) is 6. The van der Waals surface area contributed by atoms with Gasteiger partial charge in [0, 0.05) is 6.07 Å². The second kappa shape index (κ2) is 8.87. The Labute approximate surface area is 172 Å². The summed E-state index contributed by atoms with van der Waals surface area (Å²) in [6, 6.07) is 13.0. The Morgan fingerprint density at radius 3 is 2.55 bits per heavy atom. The van der Waals surface area contributed by atoms with Crippen molar-refractivity contribution in [2.45, 2.75) is 32.5 Å². The molecule has 0 aliphatic heterocycles. The van der Waals surface area contributed by atoms with E-state index >= 15 is 0 Å². The second-order valence-corrected chi connectivity index (χ2v) is 7.54. The largest absolute Gasteiger partial charge is 0.319 e. The molecule has 0 aliphatic carbocycles. The average molecular weight is 411 g/mol. The van der Waals surface area contributed by atoms with Crippen molar-refractivity contribution < 1.29 is 9.72 Å². The highest BCUT2D eigenvalue weighted by Gasteiger charge is 2.20. The molecule has 8 nitrogen and oxygen atoms in total. The molecule has 0 saturated heterocycles. The van der Waals surface area contributed by atoms with Gasteiger partial charge in [0.15, 0.2) is 5.16 Å². The van der Waals surface area contributed by atoms with E-state index in [1.54, 1.807) is 13.0 Å². The van der Waals surface area contributed by atoms with Crippen LogP contribution in [-0.2, 0) is 11.3 Å². The molecule has 150 valence electrons. The summed E-state index contributed by atoms with van der Waals surface area (Å²) >= 11 is 1.25. The number of hydrogen-bond donors (Lipinski definition) is 1. The van der Waals surface area contributed by atoms with Crippen LogP contribution in [0, 0.1) is 30.9 Å². The molecule has 0 fully saturated rings. The number of aryl methyl sites for hydroxylation is 2. The monoisotopic (exact) mass is 411 g/mol. The topological polar surface area (TPSA) is 103 Å². The molecule has 29 heavy (non-hydrogen) atoms. The number of carbonyl (C=O) groups is 1. The number of amides is 1. The molecule has 0 saturated carbocycles. The van der Waals surface area contributed by atoms with Crippen molar-refractivity contribution in [2.24, 2.45) is 0 Å². The van der Waals surface area contributed by atoms with Gasteiger partial charge in [-0.3, -0.25) is 14.9 Å². The van der Waals surface area contributed by atoms with Crippen molar-refractivity contribution >= 4 is 29.0 Å². The molecule has 0 aliphatic rings. The highest BCUT2D eigenvalue weighted by molar-refractivity contribution is 7.99. The fourth-order valence-corrected chi connectivity index (χ4v) is 3.62. The number of benzene rings is 2. The standard InChI is InChI=1S/C20H21N5O3S/c1-13-9-10-17(25(27)28)19(14(13)2)21-18(26)12-29-20-23-22-15(3)24(20)11-16-7-5-4-6-8-16/h4-10H,11-12H2,1-3H3,(H,21,26). The van der Waals surface area contributed by atoms with Crippen LogP contribution in [0.15, 0.2) is 47.6 Å². The summed E-state index contributed by atoms with van der Waals surface area (Å²) in [6.07, 6.45) is 0. The number of carbonyl (C=O) groups excluding carboxylic acids is 1. The molecule has 0 spiro atoms. The van der Waals surface area contributed by atoms with Crippen LogP contribution in [0.4, 0.5) is 11.4 Å². The second-order valence-electron chi connectivity index (χ2n) is 6.60. The minimum absolute atomic E-state index is 0.0669. The molecule has 0 radical (unpaired) electrons. The molecular formula is C20H21N5O3S. The van der Waals surface area contributed by atoms with E-state index in [0.717, 1.165) is 17.0 Å². The van der Waals surface area contributed by atoms with E-state index in [-0.39, 0.29) is 23.0 Å². The number of aromatic nitrogens is 3. The van der Waals surface area contributed by atoms with E-state index < -0.39 is 4.92 Å². The van der Waals surface area contributed by atoms with Gasteiger partial charge in [0.25, 0.3) is 5.69 Å². The number of nitro groups is 1. The van der Waals surface area contributed by atoms with E-state index in [4.69, 9.17) is 0 Å². The van der Waals surface area contributed by atoms with Gasteiger partial charge in [-0.15, -0.1) is 10.2 Å². The normalized spacial score (nSPS) is 10.7. The first-order chi connectivity index (χ1) is 13.9. The minimum Gasteiger partial charge on any atom is -0.319 e. The molecule has 0 bridgehead atoms. The first-order valence-corrected chi connectivity index (χ1v) is 9.96. The summed E-state index contributed by atoms with van der Waals surface area (Å²) in [5.41, 5.74) is 2.78. The van der Waals surface area contributed by atoms with Gasteiger partial charge in [0.2, 0.25) is 5.91 Å². The Hall–Kier alpha value is -3.20.